The molecule has 2 aromatic carbocycles. The molecule has 0 saturated heterocycles. The molecule has 0 aliphatic carbocycles. The van der Waals surface area contributed by atoms with Crippen molar-refractivity contribution in [2.75, 3.05) is 5.32 Å². The number of aryl methyl sites for hydroxylation is 1. The normalized spacial score (nSPS) is 11.1. The van der Waals surface area contributed by atoms with Gasteiger partial charge >= 0.3 is 0 Å². The van der Waals surface area contributed by atoms with Crippen molar-refractivity contribution in [2.45, 2.75) is 18.4 Å². The summed E-state index contributed by atoms with van der Waals surface area (Å²) in [6.45, 7) is 2.03. The monoisotopic (exact) mass is 381 g/mol. The Morgan fingerprint density at radius 2 is 1.78 bits per heavy atom. The third kappa shape index (κ3) is 4.99. The maximum Gasteiger partial charge on any atom is 0.255 e. The minimum Gasteiger partial charge on any atom is -0.322 e. The van der Waals surface area contributed by atoms with Crippen LogP contribution < -0.4 is 10.0 Å². The van der Waals surface area contributed by atoms with E-state index < -0.39 is 10.0 Å². The minimum absolute atomic E-state index is 0.0885. The zero-order valence-electron chi connectivity index (χ0n) is 14.7. The number of sulfonamides is 1. The largest absolute Gasteiger partial charge is 0.322 e. The van der Waals surface area contributed by atoms with E-state index in [0.29, 0.717) is 16.9 Å². The van der Waals surface area contributed by atoms with Crippen LogP contribution in [0, 0.1) is 6.92 Å². The lowest BCUT2D eigenvalue weighted by Crippen LogP contribution is -2.23. The Kier molecular flexibility index (Phi) is 5.63. The molecule has 3 rings (SSSR count). The SMILES string of the molecule is Cc1cccc(NC(=O)c2ccc(S(=O)(=O)NCc3ccccn3)cc2)c1. The van der Waals surface area contributed by atoms with Crippen molar-refractivity contribution >= 4 is 21.6 Å². The lowest BCUT2D eigenvalue weighted by Gasteiger charge is -2.08. The number of rotatable bonds is 6. The van der Waals surface area contributed by atoms with Gasteiger partial charge in [-0.1, -0.05) is 18.2 Å². The van der Waals surface area contributed by atoms with E-state index in [9.17, 15) is 13.2 Å². The summed E-state index contributed by atoms with van der Waals surface area (Å²) in [7, 11) is -3.69. The molecular weight excluding hydrogens is 362 g/mol. The molecule has 138 valence electrons. The summed E-state index contributed by atoms with van der Waals surface area (Å²) in [5.74, 6) is -0.300. The van der Waals surface area contributed by atoms with Crippen molar-refractivity contribution in [1.29, 1.82) is 0 Å². The van der Waals surface area contributed by atoms with Gasteiger partial charge in [0.1, 0.15) is 0 Å². The van der Waals surface area contributed by atoms with E-state index in [-0.39, 0.29) is 17.3 Å². The molecule has 3 aromatic rings. The number of carbonyl (C=O) groups excluding carboxylic acids is 1. The number of hydrogen-bond donors (Lipinski definition) is 2. The second-order valence-electron chi connectivity index (χ2n) is 5.99. The van der Waals surface area contributed by atoms with Gasteiger partial charge in [-0.15, -0.1) is 0 Å². The number of aromatic nitrogens is 1. The van der Waals surface area contributed by atoms with E-state index in [1.807, 2.05) is 25.1 Å². The number of anilines is 1. The summed E-state index contributed by atoms with van der Waals surface area (Å²) in [4.78, 5) is 16.5. The third-order valence-electron chi connectivity index (χ3n) is 3.87. The van der Waals surface area contributed by atoms with Gasteiger partial charge in [-0.25, -0.2) is 13.1 Å². The molecular formula is C20H19N3O3S. The first-order valence-electron chi connectivity index (χ1n) is 8.32. The maximum atomic E-state index is 12.4. The Balaban J connectivity index is 1.67. The Labute approximate surface area is 158 Å². The smallest absolute Gasteiger partial charge is 0.255 e. The topological polar surface area (TPSA) is 88.2 Å². The van der Waals surface area contributed by atoms with Gasteiger partial charge in [0.25, 0.3) is 5.91 Å². The number of pyridine rings is 1. The lowest BCUT2D eigenvalue weighted by atomic mass is 10.2. The fraction of sp³-hybridized carbons (Fsp3) is 0.100. The van der Waals surface area contributed by atoms with Gasteiger partial charge in [0.2, 0.25) is 10.0 Å². The molecule has 0 aliphatic heterocycles. The van der Waals surface area contributed by atoms with E-state index in [0.717, 1.165) is 5.56 Å². The van der Waals surface area contributed by atoms with Gasteiger partial charge in [0, 0.05) is 17.4 Å². The fourth-order valence-electron chi connectivity index (χ4n) is 2.47. The second kappa shape index (κ2) is 8.11. The molecule has 0 spiro atoms. The number of nitrogens with one attached hydrogen (secondary N) is 2. The highest BCUT2D eigenvalue weighted by Gasteiger charge is 2.15. The van der Waals surface area contributed by atoms with E-state index in [1.54, 1.807) is 30.5 Å². The second-order valence-corrected chi connectivity index (χ2v) is 7.76. The van der Waals surface area contributed by atoms with Gasteiger partial charge in [-0.2, -0.15) is 0 Å². The number of benzene rings is 2. The van der Waals surface area contributed by atoms with Crippen LogP contribution in [0.25, 0.3) is 0 Å². The Bertz CT molecular complexity index is 1030. The first kappa shape index (κ1) is 18.8. The minimum atomic E-state index is -3.69. The van der Waals surface area contributed by atoms with Gasteiger partial charge in [0.05, 0.1) is 17.1 Å². The van der Waals surface area contributed by atoms with Crippen molar-refractivity contribution in [2.24, 2.45) is 0 Å². The van der Waals surface area contributed by atoms with Crippen molar-refractivity contribution in [1.82, 2.24) is 9.71 Å². The van der Waals surface area contributed by atoms with Crippen LogP contribution in [0.2, 0.25) is 0 Å². The van der Waals surface area contributed by atoms with Crippen LogP contribution in [-0.2, 0) is 16.6 Å². The Morgan fingerprint density at radius 1 is 1.00 bits per heavy atom. The quantitative estimate of drug-likeness (QED) is 0.687. The van der Waals surface area contributed by atoms with E-state index >= 15 is 0 Å². The number of nitrogens with zero attached hydrogens (tertiary/aromatic N) is 1. The molecule has 27 heavy (non-hydrogen) atoms. The van der Waals surface area contributed by atoms with Crippen LogP contribution in [0.3, 0.4) is 0 Å². The molecule has 0 fully saturated rings. The van der Waals surface area contributed by atoms with Crippen LogP contribution in [-0.4, -0.2) is 19.3 Å². The van der Waals surface area contributed by atoms with Gasteiger partial charge in [-0.05, 0) is 61.0 Å². The zero-order chi connectivity index (χ0) is 19.3. The molecule has 0 bridgehead atoms. The molecule has 0 aliphatic rings. The average Bonchev–Trinajstić information content (AvgIpc) is 2.67. The molecule has 0 unspecified atom stereocenters. The van der Waals surface area contributed by atoms with Crippen LogP contribution in [0.15, 0.2) is 77.8 Å². The molecule has 1 heterocycles. The summed E-state index contributed by atoms with van der Waals surface area (Å²) in [6.07, 6.45) is 1.60. The number of amides is 1. The first-order chi connectivity index (χ1) is 12.9. The van der Waals surface area contributed by atoms with E-state index in [4.69, 9.17) is 0 Å². The highest BCUT2D eigenvalue weighted by atomic mass is 32.2. The predicted octanol–water partition coefficient (Wildman–Crippen LogP) is 3.12. The fourth-order valence-corrected chi connectivity index (χ4v) is 3.47. The van der Waals surface area contributed by atoms with Crippen molar-refractivity contribution in [3.05, 3.63) is 89.7 Å². The summed E-state index contributed by atoms with van der Waals surface area (Å²) in [5.41, 5.74) is 2.72. The third-order valence-corrected chi connectivity index (χ3v) is 5.29. The maximum absolute atomic E-state index is 12.4. The number of hydrogen-bond acceptors (Lipinski definition) is 4. The summed E-state index contributed by atoms with van der Waals surface area (Å²) < 4.78 is 27.2. The molecule has 7 heteroatoms. The van der Waals surface area contributed by atoms with E-state index in [2.05, 4.69) is 15.0 Å². The summed E-state index contributed by atoms with van der Waals surface area (Å²) in [5, 5.41) is 2.79. The lowest BCUT2D eigenvalue weighted by molar-refractivity contribution is 0.102. The van der Waals surface area contributed by atoms with Crippen LogP contribution in [0.1, 0.15) is 21.6 Å². The number of carbonyl (C=O) groups is 1. The van der Waals surface area contributed by atoms with Crippen LogP contribution in [0.4, 0.5) is 5.69 Å². The summed E-state index contributed by atoms with van der Waals surface area (Å²) >= 11 is 0. The van der Waals surface area contributed by atoms with Gasteiger partial charge in [-0.3, -0.25) is 9.78 Å². The molecule has 6 nitrogen and oxygen atoms in total. The Morgan fingerprint density at radius 3 is 2.44 bits per heavy atom. The highest BCUT2D eigenvalue weighted by molar-refractivity contribution is 7.89. The zero-order valence-corrected chi connectivity index (χ0v) is 15.5. The van der Waals surface area contributed by atoms with Crippen molar-refractivity contribution < 1.29 is 13.2 Å². The predicted molar refractivity (Wildman–Crippen MR) is 104 cm³/mol. The van der Waals surface area contributed by atoms with Crippen molar-refractivity contribution in [3.63, 3.8) is 0 Å². The molecule has 1 amide bonds. The first-order valence-corrected chi connectivity index (χ1v) is 9.80. The molecule has 1 aromatic heterocycles. The highest BCUT2D eigenvalue weighted by Crippen LogP contribution is 2.14. The van der Waals surface area contributed by atoms with Gasteiger partial charge < -0.3 is 5.32 Å². The molecule has 0 radical (unpaired) electrons. The molecule has 0 atom stereocenters. The van der Waals surface area contributed by atoms with Gasteiger partial charge in [0.15, 0.2) is 0 Å². The van der Waals surface area contributed by atoms with E-state index in [1.165, 1.54) is 24.3 Å². The molecule has 0 saturated carbocycles. The standard InChI is InChI=1S/C20H19N3O3S/c1-15-5-4-7-17(13-15)23-20(24)16-8-10-19(11-9-16)27(25,26)22-14-18-6-2-3-12-21-18/h2-13,22H,14H2,1H3,(H,23,24). The Hall–Kier alpha value is -3.03. The summed E-state index contributed by atoms with van der Waals surface area (Å²) in [6, 6.07) is 18.5. The van der Waals surface area contributed by atoms with Crippen LogP contribution >= 0.6 is 0 Å². The van der Waals surface area contributed by atoms with Crippen LogP contribution in [0.5, 0.6) is 0 Å². The van der Waals surface area contributed by atoms with Crippen molar-refractivity contribution in [3.8, 4) is 0 Å². The average molecular weight is 381 g/mol. The molecule has 2 N–H and O–H groups in total.